The zero-order chi connectivity index (χ0) is 13.0. The van der Waals surface area contributed by atoms with Crippen molar-refractivity contribution in [1.29, 1.82) is 0 Å². The summed E-state index contributed by atoms with van der Waals surface area (Å²) in [5, 5.41) is 9.41. The van der Waals surface area contributed by atoms with Gasteiger partial charge in [0.25, 0.3) is 0 Å². The number of ether oxygens (including phenoxy) is 1. The second kappa shape index (κ2) is 5.76. The van der Waals surface area contributed by atoms with E-state index in [1.54, 1.807) is 18.2 Å². The lowest BCUT2D eigenvalue weighted by atomic mass is 10.1. The molecule has 0 aliphatic rings. The molecule has 0 spiro atoms. The molecule has 94 valence electrons. The third-order valence-corrected chi connectivity index (χ3v) is 2.76. The Morgan fingerprint density at radius 3 is 2.50 bits per heavy atom. The number of nitrogen functional groups attached to an aromatic ring is 1. The van der Waals surface area contributed by atoms with Gasteiger partial charge in [0.2, 0.25) is 0 Å². The maximum atomic E-state index is 8.83. The fraction of sp³-hybridized carbons (Fsp3) is 0.143. The number of anilines is 1. The summed E-state index contributed by atoms with van der Waals surface area (Å²) in [5.74, 6) is 1.23. The molecule has 18 heavy (non-hydrogen) atoms. The van der Waals surface area contributed by atoms with Gasteiger partial charge in [0.05, 0.1) is 5.69 Å². The van der Waals surface area contributed by atoms with E-state index < -0.39 is 0 Å². The Morgan fingerprint density at radius 1 is 1.11 bits per heavy atom. The minimum absolute atomic E-state index is 0.140. The Bertz CT molecular complexity index is 526. The van der Waals surface area contributed by atoms with Crippen molar-refractivity contribution in [1.82, 2.24) is 0 Å². The Balaban J connectivity index is 2.15. The number of halogens is 1. The Morgan fingerprint density at radius 2 is 1.83 bits per heavy atom. The van der Waals surface area contributed by atoms with Crippen LogP contribution >= 0.6 is 11.6 Å². The van der Waals surface area contributed by atoms with Crippen molar-refractivity contribution >= 4 is 17.3 Å². The molecule has 0 saturated heterocycles. The molecule has 0 fully saturated rings. The number of rotatable bonds is 4. The van der Waals surface area contributed by atoms with Crippen molar-refractivity contribution in [2.75, 3.05) is 12.3 Å². The van der Waals surface area contributed by atoms with Gasteiger partial charge in [0.15, 0.2) is 5.75 Å². The van der Waals surface area contributed by atoms with E-state index in [4.69, 9.17) is 27.2 Å². The minimum atomic E-state index is 0.140. The van der Waals surface area contributed by atoms with Crippen LogP contribution in [0, 0.1) is 0 Å². The molecule has 2 rings (SSSR count). The summed E-state index contributed by atoms with van der Waals surface area (Å²) >= 11 is 5.89. The number of aliphatic hydroxyl groups is 1. The molecule has 3 nitrogen and oxygen atoms in total. The highest BCUT2D eigenvalue weighted by molar-refractivity contribution is 6.30. The number of hydrogen-bond acceptors (Lipinski definition) is 3. The number of benzene rings is 2. The normalized spacial score (nSPS) is 10.3. The van der Waals surface area contributed by atoms with Gasteiger partial charge in [-0.1, -0.05) is 23.7 Å². The van der Waals surface area contributed by atoms with Gasteiger partial charge in [-0.05, 0) is 36.2 Å². The molecule has 0 saturated carbocycles. The minimum Gasteiger partial charge on any atom is -0.455 e. The summed E-state index contributed by atoms with van der Waals surface area (Å²) in [4.78, 5) is 0. The second-order valence-corrected chi connectivity index (χ2v) is 4.34. The van der Waals surface area contributed by atoms with E-state index in [0.717, 1.165) is 5.56 Å². The van der Waals surface area contributed by atoms with E-state index in [1.165, 1.54) is 0 Å². The van der Waals surface area contributed by atoms with Gasteiger partial charge in [-0.15, -0.1) is 0 Å². The van der Waals surface area contributed by atoms with Crippen LogP contribution < -0.4 is 10.5 Å². The maximum Gasteiger partial charge on any atom is 0.151 e. The van der Waals surface area contributed by atoms with Gasteiger partial charge in [-0.3, -0.25) is 0 Å². The Labute approximate surface area is 111 Å². The molecule has 0 aliphatic carbocycles. The van der Waals surface area contributed by atoms with Gasteiger partial charge < -0.3 is 15.6 Å². The quantitative estimate of drug-likeness (QED) is 0.833. The van der Waals surface area contributed by atoms with E-state index in [9.17, 15) is 0 Å². The predicted octanol–water partition coefficient (Wildman–Crippen LogP) is 3.25. The van der Waals surface area contributed by atoms with E-state index in [2.05, 4.69) is 0 Å². The van der Waals surface area contributed by atoms with Crippen LogP contribution in [0.2, 0.25) is 5.02 Å². The first-order valence-corrected chi connectivity index (χ1v) is 5.99. The van der Waals surface area contributed by atoms with Crippen molar-refractivity contribution in [3.8, 4) is 11.5 Å². The number of nitrogens with two attached hydrogens (primary N) is 1. The SMILES string of the molecule is Nc1ccc(Cl)cc1Oc1ccc(CCO)cc1. The van der Waals surface area contributed by atoms with Crippen LogP contribution in [0.15, 0.2) is 42.5 Å². The highest BCUT2D eigenvalue weighted by Gasteiger charge is 2.03. The first-order valence-electron chi connectivity index (χ1n) is 5.62. The molecule has 4 heteroatoms. The van der Waals surface area contributed by atoms with Gasteiger partial charge in [0, 0.05) is 17.7 Å². The first kappa shape index (κ1) is 12.7. The molecule has 0 aliphatic heterocycles. The molecule has 0 radical (unpaired) electrons. The molecule has 2 aromatic rings. The third-order valence-electron chi connectivity index (χ3n) is 2.53. The summed E-state index contributed by atoms with van der Waals surface area (Å²) in [7, 11) is 0. The summed E-state index contributed by atoms with van der Waals surface area (Å²) in [6.45, 7) is 0.140. The van der Waals surface area contributed by atoms with Crippen LogP contribution in [0.1, 0.15) is 5.56 Å². The average Bonchev–Trinajstić information content (AvgIpc) is 2.37. The van der Waals surface area contributed by atoms with Crippen LogP contribution in [0.25, 0.3) is 0 Å². The fourth-order valence-corrected chi connectivity index (χ4v) is 1.74. The molecule has 0 aromatic heterocycles. The summed E-state index contributed by atoms with van der Waals surface area (Å²) in [5.41, 5.74) is 7.40. The number of hydrogen-bond donors (Lipinski definition) is 2. The summed E-state index contributed by atoms with van der Waals surface area (Å²) in [6.07, 6.45) is 0.638. The van der Waals surface area contributed by atoms with Gasteiger partial charge in [-0.2, -0.15) is 0 Å². The lowest BCUT2D eigenvalue weighted by molar-refractivity contribution is 0.299. The standard InChI is InChI=1S/C14H14ClNO2/c15-11-3-6-13(16)14(9-11)18-12-4-1-10(2-5-12)7-8-17/h1-6,9,17H,7-8,16H2. The first-order chi connectivity index (χ1) is 8.69. The van der Waals surface area contributed by atoms with Crippen molar-refractivity contribution in [3.63, 3.8) is 0 Å². The zero-order valence-corrected chi connectivity index (χ0v) is 10.5. The highest BCUT2D eigenvalue weighted by Crippen LogP contribution is 2.30. The van der Waals surface area contributed by atoms with Crippen LogP contribution in [-0.2, 0) is 6.42 Å². The molecular weight excluding hydrogens is 250 g/mol. The Kier molecular flexibility index (Phi) is 4.07. The average molecular weight is 264 g/mol. The monoisotopic (exact) mass is 263 g/mol. The molecule has 0 unspecified atom stereocenters. The number of aliphatic hydroxyl groups excluding tert-OH is 1. The van der Waals surface area contributed by atoms with Crippen LogP contribution in [0.5, 0.6) is 11.5 Å². The summed E-state index contributed by atoms with van der Waals surface area (Å²) in [6, 6.07) is 12.6. The van der Waals surface area contributed by atoms with Crippen molar-refractivity contribution in [3.05, 3.63) is 53.1 Å². The van der Waals surface area contributed by atoms with Gasteiger partial charge in [0.1, 0.15) is 5.75 Å². The fourth-order valence-electron chi connectivity index (χ4n) is 1.58. The lowest BCUT2D eigenvalue weighted by Crippen LogP contribution is -1.93. The Hall–Kier alpha value is -1.71. The van der Waals surface area contributed by atoms with Crippen LogP contribution in [-0.4, -0.2) is 11.7 Å². The van der Waals surface area contributed by atoms with E-state index in [0.29, 0.717) is 28.6 Å². The van der Waals surface area contributed by atoms with E-state index in [1.807, 2.05) is 24.3 Å². The van der Waals surface area contributed by atoms with Crippen molar-refractivity contribution in [2.24, 2.45) is 0 Å². The maximum absolute atomic E-state index is 8.83. The molecule has 0 bridgehead atoms. The molecule has 2 aromatic carbocycles. The van der Waals surface area contributed by atoms with E-state index >= 15 is 0 Å². The molecule has 0 heterocycles. The van der Waals surface area contributed by atoms with Gasteiger partial charge in [-0.25, -0.2) is 0 Å². The highest BCUT2D eigenvalue weighted by atomic mass is 35.5. The molecular formula is C14H14ClNO2. The van der Waals surface area contributed by atoms with Crippen molar-refractivity contribution < 1.29 is 9.84 Å². The van der Waals surface area contributed by atoms with Gasteiger partial charge >= 0.3 is 0 Å². The topological polar surface area (TPSA) is 55.5 Å². The largest absolute Gasteiger partial charge is 0.455 e. The third kappa shape index (κ3) is 3.15. The van der Waals surface area contributed by atoms with Crippen molar-refractivity contribution in [2.45, 2.75) is 6.42 Å². The molecule has 0 amide bonds. The zero-order valence-electron chi connectivity index (χ0n) is 9.77. The summed E-state index contributed by atoms with van der Waals surface area (Å²) < 4.78 is 5.65. The lowest BCUT2D eigenvalue weighted by Gasteiger charge is -2.09. The van der Waals surface area contributed by atoms with E-state index in [-0.39, 0.29) is 6.61 Å². The van der Waals surface area contributed by atoms with Crippen LogP contribution in [0.3, 0.4) is 0 Å². The van der Waals surface area contributed by atoms with Crippen LogP contribution in [0.4, 0.5) is 5.69 Å². The smallest absolute Gasteiger partial charge is 0.151 e. The second-order valence-electron chi connectivity index (χ2n) is 3.90. The molecule has 3 N–H and O–H groups in total. The molecule has 0 atom stereocenters. The predicted molar refractivity (Wildman–Crippen MR) is 73.2 cm³/mol.